The zero-order valence-corrected chi connectivity index (χ0v) is 39.5. The molecule has 0 aliphatic heterocycles. The van der Waals surface area contributed by atoms with Gasteiger partial charge in [-0.1, -0.05) is 72.0 Å². The molecule has 4 fully saturated rings. The second-order valence-electron chi connectivity index (χ2n) is 20.8. The molecular formula is C52H72N4O6S. The Balaban J connectivity index is 0.782. The second kappa shape index (κ2) is 19.6. The molecule has 63 heavy (non-hydrogen) atoms. The normalized spacial score (nSPS) is 30.7. The summed E-state index contributed by atoms with van der Waals surface area (Å²) in [5.74, 6) is 5.63. The van der Waals surface area contributed by atoms with Gasteiger partial charge in [0.1, 0.15) is 29.4 Å². The molecule has 0 radical (unpaired) electrons. The van der Waals surface area contributed by atoms with Gasteiger partial charge in [0.05, 0.1) is 21.6 Å². The highest BCUT2D eigenvalue weighted by molar-refractivity contribution is 7.18. The standard InChI is InChI=1S/C52H72N4O6S/c1-32(2)10-9-11-33(3)40-17-18-41-39-16-14-35-29-37(20-24-51(35,4)42(39)21-25-52(40,41)5)61-50(59)55-27-23-48(57)62-45-13-8-7-12-34(45)28-47-56-43-19-15-36(31-46(43)63-47)60-38-22-26-54-44(30-38)49(58)53-6/h14-15,19,22,26,30-34,37,39-42,45H,7-13,16-18,20-21,23-25,27-29H2,1-6H3,(H,53,58)(H,55,59)/t33-,34-,37+,39?,40-,41?,42?,45+,51+,52-/m1/s1. The topological polar surface area (TPSA) is 129 Å². The lowest BCUT2D eigenvalue weighted by Gasteiger charge is -2.58. The van der Waals surface area contributed by atoms with Crippen LogP contribution in [0, 0.1) is 52.3 Å². The molecule has 3 unspecified atom stereocenters. The molecule has 4 saturated carbocycles. The average molecular weight is 881 g/mol. The van der Waals surface area contributed by atoms with Gasteiger partial charge < -0.3 is 24.8 Å². The minimum absolute atomic E-state index is 0.110. The van der Waals surface area contributed by atoms with E-state index in [0.717, 1.165) is 102 Å². The number of amides is 2. The van der Waals surface area contributed by atoms with Crippen molar-refractivity contribution in [3.8, 4) is 11.5 Å². The van der Waals surface area contributed by atoms with Crippen molar-refractivity contribution in [3.63, 3.8) is 0 Å². The van der Waals surface area contributed by atoms with Crippen molar-refractivity contribution in [1.82, 2.24) is 20.6 Å². The molecule has 10 nitrogen and oxygen atoms in total. The van der Waals surface area contributed by atoms with Crippen LogP contribution in [0.5, 0.6) is 11.5 Å². The number of esters is 1. The molecule has 3 aromatic rings. The van der Waals surface area contributed by atoms with Crippen molar-refractivity contribution in [2.45, 2.75) is 156 Å². The third-order valence-corrected chi connectivity index (χ3v) is 17.6. The first kappa shape index (κ1) is 45.6. The fraction of sp³-hybridized carbons (Fsp3) is 0.673. The molecule has 342 valence electrons. The van der Waals surface area contributed by atoms with Gasteiger partial charge in [-0.3, -0.25) is 14.6 Å². The first-order valence-electron chi connectivity index (χ1n) is 24.4. The summed E-state index contributed by atoms with van der Waals surface area (Å²) in [6, 6.07) is 9.12. The van der Waals surface area contributed by atoms with Crippen molar-refractivity contribution in [3.05, 3.63) is 58.9 Å². The van der Waals surface area contributed by atoms with Crippen LogP contribution in [0.3, 0.4) is 0 Å². The lowest BCUT2D eigenvalue weighted by molar-refractivity contribution is -0.153. The fourth-order valence-electron chi connectivity index (χ4n) is 13.2. The summed E-state index contributed by atoms with van der Waals surface area (Å²) in [5.41, 5.74) is 3.38. The number of pyridine rings is 1. The number of carbonyl (C=O) groups is 3. The van der Waals surface area contributed by atoms with Crippen LogP contribution in [-0.4, -0.2) is 53.7 Å². The van der Waals surface area contributed by atoms with E-state index in [9.17, 15) is 14.4 Å². The zero-order valence-electron chi connectivity index (χ0n) is 38.7. The molecule has 5 aliphatic carbocycles. The van der Waals surface area contributed by atoms with E-state index in [1.165, 1.54) is 56.9 Å². The summed E-state index contributed by atoms with van der Waals surface area (Å²) < 4.78 is 19.2. The molecule has 10 atom stereocenters. The Morgan fingerprint density at radius 1 is 0.921 bits per heavy atom. The van der Waals surface area contributed by atoms with Crippen molar-refractivity contribution in [2.24, 2.45) is 52.3 Å². The van der Waals surface area contributed by atoms with Crippen molar-refractivity contribution in [2.75, 3.05) is 13.6 Å². The van der Waals surface area contributed by atoms with E-state index in [1.54, 1.807) is 36.7 Å². The third kappa shape index (κ3) is 10.1. The molecular weight excluding hydrogens is 809 g/mol. The smallest absolute Gasteiger partial charge is 0.407 e. The highest BCUT2D eigenvalue weighted by atomic mass is 32.1. The van der Waals surface area contributed by atoms with Crippen LogP contribution in [0.15, 0.2) is 48.2 Å². The molecule has 0 spiro atoms. The summed E-state index contributed by atoms with van der Waals surface area (Å²) >= 11 is 1.62. The number of hydrogen-bond donors (Lipinski definition) is 2. The van der Waals surface area contributed by atoms with Gasteiger partial charge in [-0.2, -0.15) is 0 Å². The summed E-state index contributed by atoms with van der Waals surface area (Å²) in [6.45, 7) is 12.7. The maximum absolute atomic E-state index is 13.1. The molecule has 8 rings (SSSR count). The molecule has 0 saturated heterocycles. The Kier molecular flexibility index (Phi) is 14.2. The molecule has 2 N–H and O–H groups in total. The maximum atomic E-state index is 13.1. The molecule has 0 bridgehead atoms. The number of benzene rings is 1. The van der Waals surface area contributed by atoms with Crippen LogP contribution in [0.25, 0.3) is 10.2 Å². The van der Waals surface area contributed by atoms with E-state index >= 15 is 0 Å². The highest BCUT2D eigenvalue weighted by Crippen LogP contribution is 2.67. The minimum atomic E-state index is -0.437. The summed E-state index contributed by atoms with van der Waals surface area (Å²) in [4.78, 5) is 47.2. The monoisotopic (exact) mass is 881 g/mol. The van der Waals surface area contributed by atoms with Gasteiger partial charge in [0.2, 0.25) is 0 Å². The number of carbonyl (C=O) groups excluding carboxylic acids is 3. The Bertz CT molecular complexity index is 2140. The van der Waals surface area contributed by atoms with Gasteiger partial charge in [0.15, 0.2) is 0 Å². The van der Waals surface area contributed by atoms with E-state index in [-0.39, 0.29) is 54.1 Å². The van der Waals surface area contributed by atoms with E-state index < -0.39 is 6.09 Å². The molecule has 11 heteroatoms. The van der Waals surface area contributed by atoms with Crippen LogP contribution in [0.1, 0.15) is 153 Å². The number of ether oxygens (including phenoxy) is 3. The Morgan fingerprint density at radius 2 is 1.75 bits per heavy atom. The van der Waals surface area contributed by atoms with E-state index in [1.807, 2.05) is 18.2 Å². The molecule has 2 aromatic heterocycles. The van der Waals surface area contributed by atoms with Crippen LogP contribution in [-0.2, 0) is 20.7 Å². The summed E-state index contributed by atoms with van der Waals surface area (Å²) in [5, 5.41) is 6.44. The van der Waals surface area contributed by atoms with Crippen LogP contribution in [0.4, 0.5) is 4.79 Å². The predicted molar refractivity (Wildman–Crippen MR) is 249 cm³/mol. The number of fused-ring (bicyclic) bond motifs is 6. The molecule has 5 aliphatic rings. The van der Waals surface area contributed by atoms with Gasteiger partial charge in [0.25, 0.3) is 5.91 Å². The zero-order chi connectivity index (χ0) is 44.3. The first-order chi connectivity index (χ1) is 30.3. The highest BCUT2D eigenvalue weighted by Gasteiger charge is 2.59. The fourth-order valence-corrected chi connectivity index (χ4v) is 14.3. The van der Waals surface area contributed by atoms with Crippen molar-refractivity contribution in [1.29, 1.82) is 0 Å². The van der Waals surface area contributed by atoms with Gasteiger partial charge in [-0.25, -0.2) is 9.78 Å². The lowest BCUT2D eigenvalue weighted by Crippen LogP contribution is -2.51. The average Bonchev–Trinajstić information content (AvgIpc) is 3.84. The Morgan fingerprint density at radius 3 is 2.57 bits per heavy atom. The maximum Gasteiger partial charge on any atom is 0.407 e. The number of allylic oxidation sites excluding steroid dienone is 1. The Labute approximate surface area is 379 Å². The SMILES string of the molecule is CNC(=O)c1cc(Oc2ccc3nc(C[C@H]4CCCC[C@@H]4OC(=O)CCNC(=O)O[C@H]4CC[C@@]5(C)C(=CCC6C5CC[C@@]5(C)C6CC[C@@H]5[C@H](C)CCCC(C)C)C4)sc3c2)ccn1. The minimum Gasteiger partial charge on any atom is -0.462 e. The van der Waals surface area contributed by atoms with Gasteiger partial charge in [-0.05, 0) is 129 Å². The second-order valence-corrected chi connectivity index (χ2v) is 21.9. The number of aromatic nitrogens is 2. The molecule has 2 heterocycles. The Hall–Kier alpha value is -3.99. The van der Waals surface area contributed by atoms with Crippen LogP contribution in [0.2, 0.25) is 0 Å². The molecule has 2 amide bonds. The van der Waals surface area contributed by atoms with Crippen LogP contribution >= 0.6 is 11.3 Å². The van der Waals surface area contributed by atoms with Crippen molar-refractivity contribution < 1.29 is 28.6 Å². The van der Waals surface area contributed by atoms with Crippen molar-refractivity contribution >= 4 is 39.5 Å². The number of alkyl carbamates (subject to hydrolysis) is 1. The lowest BCUT2D eigenvalue weighted by atomic mass is 9.47. The third-order valence-electron chi connectivity index (χ3n) is 16.5. The van der Waals surface area contributed by atoms with E-state index in [0.29, 0.717) is 16.9 Å². The molecule has 1 aromatic carbocycles. The summed E-state index contributed by atoms with van der Waals surface area (Å²) in [6.07, 6.45) is 21.7. The van der Waals surface area contributed by atoms with E-state index in [2.05, 4.69) is 56.3 Å². The predicted octanol–water partition coefficient (Wildman–Crippen LogP) is 12.0. The number of hydrogen-bond acceptors (Lipinski definition) is 9. The van der Waals surface area contributed by atoms with Crippen LogP contribution < -0.4 is 15.4 Å². The number of nitrogens with one attached hydrogen (secondary N) is 2. The van der Waals surface area contributed by atoms with E-state index in [4.69, 9.17) is 19.2 Å². The quantitative estimate of drug-likeness (QED) is 0.114. The first-order valence-corrected chi connectivity index (χ1v) is 25.2. The number of nitrogens with zero attached hydrogens (tertiary/aromatic N) is 2. The number of thiazole rings is 1. The van der Waals surface area contributed by atoms with Gasteiger partial charge in [0, 0.05) is 50.7 Å². The van der Waals surface area contributed by atoms with Gasteiger partial charge in [-0.15, -0.1) is 11.3 Å². The largest absolute Gasteiger partial charge is 0.462 e. The summed E-state index contributed by atoms with van der Waals surface area (Å²) in [7, 11) is 1.57. The van der Waals surface area contributed by atoms with Gasteiger partial charge >= 0.3 is 12.1 Å². The number of rotatable bonds is 15.